The number of amides is 2. The second-order valence-electron chi connectivity index (χ2n) is 11.8. The maximum absolute atomic E-state index is 13.3. The fraction of sp³-hybridized carbons (Fsp3) is 0.333. The summed E-state index contributed by atoms with van der Waals surface area (Å²) >= 11 is 12.6. The van der Waals surface area contributed by atoms with E-state index in [2.05, 4.69) is 30.2 Å². The highest BCUT2D eigenvalue weighted by atomic mass is 35.5. The van der Waals surface area contributed by atoms with Crippen LogP contribution in [0.3, 0.4) is 0 Å². The standard InChI is InChI=1S/C33H35Cl2N5O2/c1-33(2)23(17-31(41)37-29(32(42)39(3)4)15-21-9-6-5-7-10-21)16-25(33)30-19-28(22-11-8-14-36-20-22)38-40(30)24-12-13-26(34)27(35)18-24/h5-14,18-20,23,25,29H,15-17H2,1-4H3,(H,37,41)/t23-,25-,29+/m1/s1. The summed E-state index contributed by atoms with van der Waals surface area (Å²) in [7, 11) is 3.42. The molecule has 2 amide bonds. The van der Waals surface area contributed by atoms with Crippen LogP contribution in [0.25, 0.3) is 16.9 Å². The maximum atomic E-state index is 13.3. The zero-order valence-corrected chi connectivity index (χ0v) is 25.7. The van der Waals surface area contributed by atoms with Gasteiger partial charge in [-0.05, 0) is 59.7 Å². The third-order valence-corrected chi connectivity index (χ3v) is 9.20. The highest BCUT2D eigenvalue weighted by Gasteiger charge is 2.50. The van der Waals surface area contributed by atoms with Crippen molar-refractivity contribution in [3.05, 3.63) is 100 Å². The van der Waals surface area contributed by atoms with E-state index in [9.17, 15) is 9.59 Å². The molecule has 218 valence electrons. The van der Waals surface area contributed by atoms with E-state index in [1.54, 1.807) is 32.6 Å². The Morgan fingerprint density at radius 3 is 2.45 bits per heavy atom. The number of rotatable bonds is 9. The first-order valence-electron chi connectivity index (χ1n) is 14.0. The van der Waals surface area contributed by atoms with Crippen LogP contribution in [0.15, 0.2) is 79.1 Å². The van der Waals surface area contributed by atoms with Gasteiger partial charge in [-0.3, -0.25) is 14.6 Å². The topological polar surface area (TPSA) is 80.1 Å². The van der Waals surface area contributed by atoms with Crippen LogP contribution in [0.1, 0.15) is 43.9 Å². The number of hydrogen-bond acceptors (Lipinski definition) is 4. The molecular formula is C33H35Cl2N5O2. The van der Waals surface area contributed by atoms with Crippen LogP contribution in [0.5, 0.6) is 0 Å². The molecule has 1 saturated carbocycles. The number of carbonyl (C=O) groups is 2. The van der Waals surface area contributed by atoms with Crippen LogP contribution >= 0.6 is 23.2 Å². The lowest BCUT2D eigenvalue weighted by Gasteiger charge is -2.52. The lowest BCUT2D eigenvalue weighted by molar-refractivity contribution is -0.135. The number of nitrogens with zero attached hydrogens (tertiary/aromatic N) is 4. The van der Waals surface area contributed by atoms with E-state index in [1.807, 2.05) is 59.3 Å². The highest BCUT2D eigenvalue weighted by molar-refractivity contribution is 6.42. The van der Waals surface area contributed by atoms with Crippen LogP contribution < -0.4 is 5.32 Å². The minimum absolute atomic E-state index is 0.114. The molecule has 2 heterocycles. The molecule has 1 N–H and O–H groups in total. The molecule has 2 aromatic carbocycles. The molecule has 1 aliphatic carbocycles. The van der Waals surface area contributed by atoms with Gasteiger partial charge in [0.1, 0.15) is 6.04 Å². The fourth-order valence-electron chi connectivity index (χ4n) is 5.83. The molecule has 0 unspecified atom stereocenters. The van der Waals surface area contributed by atoms with Crippen molar-refractivity contribution in [2.45, 2.75) is 45.1 Å². The molecule has 4 aromatic rings. The monoisotopic (exact) mass is 603 g/mol. The van der Waals surface area contributed by atoms with Crippen molar-refractivity contribution in [3.8, 4) is 16.9 Å². The summed E-state index contributed by atoms with van der Waals surface area (Å²) in [6.45, 7) is 4.39. The summed E-state index contributed by atoms with van der Waals surface area (Å²) in [6.07, 6.45) is 5.13. The average molecular weight is 605 g/mol. The Morgan fingerprint density at radius 2 is 1.81 bits per heavy atom. The van der Waals surface area contributed by atoms with Crippen molar-refractivity contribution in [2.24, 2.45) is 11.3 Å². The van der Waals surface area contributed by atoms with E-state index >= 15 is 0 Å². The zero-order valence-electron chi connectivity index (χ0n) is 24.2. The number of hydrogen-bond donors (Lipinski definition) is 1. The van der Waals surface area contributed by atoms with Crippen LogP contribution in [0, 0.1) is 11.3 Å². The van der Waals surface area contributed by atoms with Crippen LogP contribution in [0.2, 0.25) is 10.0 Å². The minimum atomic E-state index is -0.619. The number of pyridine rings is 1. The van der Waals surface area contributed by atoms with E-state index in [1.165, 1.54) is 4.90 Å². The summed E-state index contributed by atoms with van der Waals surface area (Å²) in [5, 5.41) is 8.91. The molecule has 0 bridgehead atoms. The van der Waals surface area contributed by atoms with Crippen molar-refractivity contribution in [1.29, 1.82) is 0 Å². The molecule has 0 spiro atoms. The lowest BCUT2D eigenvalue weighted by Crippen LogP contribution is -2.50. The van der Waals surface area contributed by atoms with Crippen molar-refractivity contribution < 1.29 is 9.59 Å². The van der Waals surface area contributed by atoms with E-state index in [-0.39, 0.29) is 29.1 Å². The Hall–Kier alpha value is -3.68. The first kappa shape index (κ1) is 29.8. The first-order chi connectivity index (χ1) is 20.0. The minimum Gasteiger partial charge on any atom is -0.347 e. The Morgan fingerprint density at radius 1 is 1.05 bits per heavy atom. The van der Waals surface area contributed by atoms with Gasteiger partial charge in [0.05, 0.1) is 21.4 Å². The third-order valence-electron chi connectivity index (χ3n) is 8.46. The molecule has 9 heteroatoms. The van der Waals surface area contributed by atoms with Crippen LogP contribution in [-0.4, -0.2) is 51.6 Å². The van der Waals surface area contributed by atoms with E-state index < -0.39 is 6.04 Å². The van der Waals surface area contributed by atoms with Gasteiger partial charge in [-0.1, -0.05) is 67.4 Å². The van der Waals surface area contributed by atoms with E-state index in [4.69, 9.17) is 28.3 Å². The van der Waals surface area contributed by atoms with E-state index in [0.717, 1.165) is 34.6 Å². The quantitative estimate of drug-likeness (QED) is 0.234. The molecule has 2 aromatic heterocycles. The number of nitrogens with one attached hydrogen (secondary N) is 1. The van der Waals surface area contributed by atoms with Gasteiger partial charge in [-0.15, -0.1) is 0 Å². The molecule has 0 radical (unpaired) electrons. The average Bonchev–Trinajstić information content (AvgIpc) is 3.41. The number of benzene rings is 2. The van der Waals surface area contributed by atoms with Gasteiger partial charge < -0.3 is 10.2 Å². The Balaban J connectivity index is 1.36. The predicted octanol–water partition coefficient (Wildman–Crippen LogP) is 6.58. The normalized spacial score (nSPS) is 18.1. The van der Waals surface area contributed by atoms with Gasteiger partial charge in [-0.25, -0.2) is 4.68 Å². The molecule has 1 aliphatic rings. The summed E-state index contributed by atoms with van der Waals surface area (Å²) in [4.78, 5) is 32.0. The van der Waals surface area contributed by atoms with Gasteiger partial charge in [-0.2, -0.15) is 5.10 Å². The number of halogens is 2. The summed E-state index contributed by atoms with van der Waals surface area (Å²) < 4.78 is 1.93. The predicted molar refractivity (Wildman–Crippen MR) is 167 cm³/mol. The lowest BCUT2D eigenvalue weighted by atomic mass is 9.52. The van der Waals surface area contributed by atoms with Gasteiger partial charge in [0.2, 0.25) is 11.8 Å². The number of carbonyl (C=O) groups excluding carboxylic acids is 2. The van der Waals surface area contributed by atoms with Crippen molar-refractivity contribution in [2.75, 3.05) is 14.1 Å². The molecule has 7 nitrogen and oxygen atoms in total. The molecule has 1 fully saturated rings. The second-order valence-corrected chi connectivity index (χ2v) is 12.6. The highest BCUT2D eigenvalue weighted by Crippen LogP contribution is 2.58. The third kappa shape index (κ3) is 6.22. The zero-order chi connectivity index (χ0) is 30.0. The summed E-state index contributed by atoms with van der Waals surface area (Å²) in [5.74, 6) is 0.0441. The smallest absolute Gasteiger partial charge is 0.244 e. The maximum Gasteiger partial charge on any atom is 0.244 e. The van der Waals surface area contributed by atoms with Crippen molar-refractivity contribution >= 4 is 35.0 Å². The van der Waals surface area contributed by atoms with Crippen molar-refractivity contribution in [1.82, 2.24) is 25.0 Å². The number of aromatic nitrogens is 3. The molecule has 42 heavy (non-hydrogen) atoms. The molecule has 5 rings (SSSR count). The summed E-state index contributed by atoms with van der Waals surface area (Å²) in [5.41, 5.74) is 4.39. The van der Waals surface area contributed by atoms with Crippen LogP contribution in [0.4, 0.5) is 0 Å². The Bertz CT molecular complexity index is 1570. The largest absolute Gasteiger partial charge is 0.347 e. The molecular weight excluding hydrogens is 569 g/mol. The number of likely N-dealkylation sites (N-methyl/N-ethyl adjacent to an activating group) is 1. The second kappa shape index (κ2) is 12.3. The van der Waals surface area contributed by atoms with E-state index in [0.29, 0.717) is 22.9 Å². The van der Waals surface area contributed by atoms with Crippen LogP contribution in [-0.2, 0) is 16.0 Å². The first-order valence-corrected chi connectivity index (χ1v) is 14.8. The molecule has 0 aliphatic heterocycles. The van der Waals surface area contributed by atoms with Gasteiger partial charge in [0.25, 0.3) is 0 Å². The fourth-order valence-corrected chi connectivity index (χ4v) is 6.12. The Kier molecular flexibility index (Phi) is 8.71. The molecule has 0 saturated heterocycles. The SMILES string of the molecule is CN(C)C(=O)[C@H](Cc1ccccc1)NC(=O)C[C@H]1C[C@H](c2cc(-c3cccnc3)nn2-c2ccc(Cl)c(Cl)c2)C1(C)C. The van der Waals surface area contributed by atoms with Gasteiger partial charge in [0.15, 0.2) is 0 Å². The van der Waals surface area contributed by atoms with Gasteiger partial charge in [0, 0.05) is 56.5 Å². The Labute approximate surface area is 256 Å². The van der Waals surface area contributed by atoms with Crippen molar-refractivity contribution in [3.63, 3.8) is 0 Å². The summed E-state index contributed by atoms with van der Waals surface area (Å²) in [6, 6.07) is 20.6. The van der Waals surface area contributed by atoms with Gasteiger partial charge >= 0.3 is 0 Å². The molecule has 3 atom stereocenters.